The first kappa shape index (κ1) is 12.9. The van der Waals surface area contributed by atoms with Crippen LogP contribution in [-0.4, -0.2) is 31.8 Å². The minimum Gasteiger partial charge on any atom is -0.481 e. The minimum atomic E-state index is -3.31. The highest BCUT2D eigenvalue weighted by atomic mass is 32.2. The SMILES string of the molecule is CC1CN(c2ccccc2CC(=O)O)S(=O)(=O)C1. The van der Waals surface area contributed by atoms with Gasteiger partial charge < -0.3 is 5.11 Å². The highest BCUT2D eigenvalue weighted by Gasteiger charge is 2.34. The van der Waals surface area contributed by atoms with Crippen LogP contribution in [0.2, 0.25) is 0 Å². The zero-order valence-electron chi connectivity index (χ0n) is 10.0. The van der Waals surface area contributed by atoms with Gasteiger partial charge in [0.25, 0.3) is 0 Å². The quantitative estimate of drug-likeness (QED) is 0.891. The summed E-state index contributed by atoms with van der Waals surface area (Å²) >= 11 is 0. The third-order valence-corrected chi connectivity index (χ3v) is 4.92. The number of anilines is 1. The molecule has 1 aromatic carbocycles. The third-order valence-electron chi connectivity index (χ3n) is 2.91. The lowest BCUT2D eigenvalue weighted by Crippen LogP contribution is -2.26. The van der Waals surface area contributed by atoms with E-state index in [-0.39, 0.29) is 18.1 Å². The first-order valence-electron chi connectivity index (χ1n) is 5.70. The number of rotatable bonds is 3. The Morgan fingerprint density at radius 3 is 2.67 bits per heavy atom. The van der Waals surface area contributed by atoms with Gasteiger partial charge in [-0.3, -0.25) is 9.10 Å². The second-order valence-electron chi connectivity index (χ2n) is 4.61. The normalized spacial score (nSPS) is 22.1. The Labute approximate surface area is 106 Å². The largest absolute Gasteiger partial charge is 0.481 e. The van der Waals surface area contributed by atoms with Crippen LogP contribution in [0.15, 0.2) is 24.3 Å². The molecule has 0 saturated carbocycles. The molecule has 1 heterocycles. The molecule has 1 unspecified atom stereocenters. The van der Waals surface area contributed by atoms with Gasteiger partial charge in [-0.05, 0) is 17.5 Å². The molecule has 1 saturated heterocycles. The molecule has 1 fully saturated rings. The monoisotopic (exact) mass is 269 g/mol. The molecule has 0 aromatic heterocycles. The van der Waals surface area contributed by atoms with E-state index in [1.807, 2.05) is 6.92 Å². The molecule has 0 spiro atoms. The van der Waals surface area contributed by atoms with Gasteiger partial charge in [-0.15, -0.1) is 0 Å². The van der Waals surface area contributed by atoms with Crippen LogP contribution in [0.5, 0.6) is 0 Å². The van der Waals surface area contributed by atoms with Crippen molar-refractivity contribution in [3.8, 4) is 0 Å². The number of carbonyl (C=O) groups is 1. The average Bonchev–Trinajstić information content (AvgIpc) is 2.52. The molecule has 1 aliphatic heterocycles. The highest BCUT2D eigenvalue weighted by molar-refractivity contribution is 7.93. The Bertz CT molecular complexity index is 567. The van der Waals surface area contributed by atoms with Gasteiger partial charge in [-0.2, -0.15) is 0 Å². The van der Waals surface area contributed by atoms with Crippen LogP contribution in [0.4, 0.5) is 5.69 Å². The van der Waals surface area contributed by atoms with Gasteiger partial charge in [0.2, 0.25) is 10.0 Å². The van der Waals surface area contributed by atoms with Crippen LogP contribution in [0, 0.1) is 5.92 Å². The minimum absolute atomic E-state index is 0.0629. The van der Waals surface area contributed by atoms with Gasteiger partial charge in [-0.25, -0.2) is 8.42 Å². The fraction of sp³-hybridized carbons (Fsp3) is 0.417. The van der Waals surface area contributed by atoms with E-state index in [1.165, 1.54) is 4.31 Å². The molecule has 0 bridgehead atoms. The van der Waals surface area contributed by atoms with E-state index in [2.05, 4.69) is 0 Å². The summed E-state index contributed by atoms with van der Waals surface area (Å²) in [6.45, 7) is 2.29. The van der Waals surface area contributed by atoms with Crippen molar-refractivity contribution in [2.75, 3.05) is 16.6 Å². The first-order valence-corrected chi connectivity index (χ1v) is 7.31. The van der Waals surface area contributed by atoms with Crippen molar-refractivity contribution >= 4 is 21.7 Å². The molecule has 1 aromatic rings. The molecule has 2 rings (SSSR count). The van der Waals surface area contributed by atoms with E-state index >= 15 is 0 Å². The van der Waals surface area contributed by atoms with Crippen molar-refractivity contribution in [3.05, 3.63) is 29.8 Å². The van der Waals surface area contributed by atoms with E-state index in [0.29, 0.717) is 17.8 Å². The molecule has 6 heteroatoms. The molecule has 5 nitrogen and oxygen atoms in total. The molecule has 1 N–H and O–H groups in total. The fourth-order valence-corrected chi connectivity index (χ4v) is 4.18. The number of para-hydroxylation sites is 1. The summed E-state index contributed by atoms with van der Waals surface area (Å²) < 4.78 is 25.3. The third kappa shape index (κ3) is 2.48. The molecular weight excluding hydrogens is 254 g/mol. The second kappa shape index (κ2) is 4.61. The van der Waals surface area contributed by atoms with E-state index in [4.69, 9.17) is 5.11 Å². The molecule has 0 aliphatic carbocycles. The Balaban J connectivity index is 2.42. The summed E-state index contributed by atoms with van der Waals surface area (Å²) in [7, 11) is -3.31. The van der Waals surface area contributed by atoms with Gasteiger partial charge in [0.1, 0.15) is 0 Å². The summed E-state index contributed by atoms with van der Waals surface area (Å²) in [6, 6.07) is 6.75. The zero-order valence-corrected chi connectivity index (χ0v) is 10.9. The summed E-state index contributed by atoms with van der Waals surface area (Å²) in [5, 5.41) is 8.85. The van der Waals surface area contributed by atoms with Crippen molar-refractivity contribution in [2.24, 2.45) is 5.92 Å². The molecule has 0 amide bonds. The Kier molecular flexibility index (Phi) is 3.30. The van der Waals surface area contributed by atoms with Gasteiger partial charge >= 0.3 is 5.97 Å². The highest BCUT2D eigenvalue weighted by Crippen LogP contribution is 2.29. The van der Waals surface area contributed by atoms with Gasteiger partial charge in [0.05, 0.1) is 17.9 Å². The number of hydrogen-bond acceptors (Lipinski definition) is 3. The van der Waals surface area contributed by atoms with E-state index in [1.54, 1.807) is 24.3 Å². The molecule has 98 valence electrons. The maximum atomic E-state index is 12.0. The maximum absolute atomic E-state index is 12.0. The average molecular weight is 269 g/mol. The topological polar surface area (TPSA) is 74.7 Å². The fourth-order valence-electron chi connectivity index (χ4n) is 2.21. The van der Waals surface area contributed by atoms with Gasteiger partial charge in [0.15, 0.2) is 0 Å². The molecule has 18 heavy (non-hydrogen) atoms. The summed E-state index contributed by atoms with van der Waals surface area (Å²) in [5.74, 6) is -0.783. The van der Waals surface area contributed by atoms with Crippen molar-refractivity contribution in [3.63, 3.8) is 0 Å². The number of carboxylic acids is 1. The molecule has 0 radical (unpaired) electrons. The van der Waals surface area contributed by atoms with Crippen LogP contribution in [-0.2, 0) is 21.2 Å². The van der Waals surface area contributed by atoms with Crippen LogP contribution in [0.3, 0.4) is 0 Å². The van der Waals surface area contributed by atoms with Crippen molar-refractivity contribution in [2.45, 2.75) is 13.3 Å². The molecular formula is C12H15NO4S. The first-order chi connectivity index (χ1) is 8.40. The predicted molar refractivity (Wildman–Crippen MR) is 68.1 cm³/mol. The Hall–Kier alpha value is -1.56. The number of nitrogens with zero attached hydrogens (tertiary/aromatic N) is 1. The van der Waals surface area contributed by atoms with Crippen molar-refractivity contribution in [1.82, 2.24) is 0 Å². The van der Waals surface area contributed by atoms with Gasteiger partial charge in [-0.1, -0.05) is 25.1 Å². The zero-order chi connectivity index (χ0) is 13.3. The van der Waals surface area contributed by atoms with Gasteiger partial charge in [0, 0.05) is 6.54 Å². The number of carboxylic acid groups (broad SMARTS) is 1. The van der Waals surface area contributed by atoms with Crippen molar-refractivity contribution < 1.29 is 18.3 Å². The maximum Gasteiger partial charge on any atom is 0.307 e. The number of benzene rings is 1. The standard InChI is InChI=1S/C12H15NO4S/c1-9-7-13(18(16,17)8-9)11-5-3-2-4-10(11)6-12(14)15/h2-5,9H,6-8H2,1H3,(H,14,15). The lowest BCUT2D eigenvalue weighted by Gasteiger charge is -2.20. The van der Waals surface area contributed by atoms with Crippen LogP contribution >= 0.6 is 0 Å². The van der Waals surface area contributed by atoms with Crippen molar-refractivity contribution in [1.29, 1.82) is 0 Å². The summed E-state index contributed by atoms with van der Waals surface area (Å²) in [6.07, 6.45) is -0.170. The predicted octanol–water partition coefficient (Wildman–Crippen LogP) is 1.10. The summed E-state index contributed by atoms with van der Waals surface area (Å²) in [5.41, 5.74) is 1.02. The van der Waals surface area contributed by atoms with Crippen LogP contribution in [0.1, 0.15) is 12.5 Å². The lowest BCUT2D eigenvalue weighted by molar-refractivity contribution is -0.136. The number of sulfonamides is 1. The molecule has 1 aliphatic rings. The van der Waals surface area contributed by atoms with Crippen LogP contribution < -0.4 is 4.31 Å². The van der Waals surface area contributed by atoms with E-state index in [0.717, 1.165) is 0 Å². The second-order valence-corrected chi connectivity index (χ2v) is 6.55. The lowest BCUT2D eigenvalue weighted by atomic mass is 10.1. The van der Waals surface area contributed by atoms with E-state index < -0.39 is 16.0 Å². The summed E-state index contributed by atoms with van der Waals surface area (Å²) in [4.78, 5) is 10.8. The smallest absolute Gasteiger partial charge is 0.307 e. The van der Waals surface area contributed by atoms with Crippen LogP contribution in [0.25, 0.3) is 0 Å². The van der Waals surface area contributed by atoms with E-state index in [9.17, 15) is 13.2 Å². The number of hydrogen-bond donors (Lipinski definition) is 1. The molecule has 1 atom stereocenters. The number of aliphatic carboxylic acids is 1. The Morgan fingerprint density at radius 1 is 1.44 bits per heavy atom. The Morgan fingerprint density at radius 2 is 2.11 bits per heavy atom.